The number of hydrogen-bond acceptors (Lipinski definition) is 4. The van der Waals surface area contributed by atoms with Crippen molar-refractivity contribution in [2.75, 3.05) is 0 Å². The van der Waals surface area contributed by atoms with Gasteiger partial charge in [-0.15, -0.1) is 0 Å². The van der Waals surface area contributed by atoms with Gasteiger partial charge in [-0.2, -0.15) is 13.2 Å². The van der Waals surface area contributed by atoms with Crippen LogP contribution in [-0.4, -0.2) is 15.0 Å². The second-order valence-electron chi connectivity index (χ2n) is 6.42. The summed E-state index contributed by atoms with van der Waals surface area (Å²) < 4.78 is 43.3. The average molecular weight is 422 g/mol. The molecule has 0 fully saturated rings. The Bertz CT molecular complexity index is 945. The van der Waals surface area contributed by atoms with E-state index in [-0.39, 0.29) is 0 Å². The van der Waals surface area contributed by atoms with Gasteiger partial charge in [0.05, 0.1) is 22.0 Å². The number of alkyl halides is 3. The number of hydrogen-bond donors (Lipinski definition) is 0. The highest BCUT2D eigenvalue weighted by Crippen LogP contribution is 2.31. The molecular weight excluding hydrogens is 403 g/mol. The number of ether oxygens (including phenoxy) is 1. The van der Waals surface area contributed by atoms with Gasteiger partial charge in [-0.25, -0.2) is 15.0 Å². The van der Waals surface area contributed by atoms with Crippen molar-refractivity contribution < 1.29 is 17.9 Å². The predicted molar refractivity (Wildman–Crippen MR) is 104 cm³/mol. The molecule has 0 aliphatic carbocycles. The molecule has 29 heavy (non-hydrogen) atoms. The van der Waals surface area contributed by atoms with Crippen LogP contribution in [-0.2, 0) is 25.4 Å². The zero-order chi connectivity index (χ0) is 20.9. The largest absolute Gasteiger partial charge is 0.439 e. The summed E-state index contributed by atoms with van der Waals surface area (Å²) in [5.41, 5.74) is 1.99. The third-order valence-electron chi connectivity index (χ3n) is 4.35. The first kappa shape index (κ1) is 21.0. The summed E-state index contributed by atoms with van der Waals surface area (Å²) >= 11 is 6.31. The number of benzene rings is 1. The molecule has 4 nitrogen and oxygen atoms in total. The highest BCUT2D eigenvalue weighted by atomic mass is 35.5. The number of halogens is 4. The van der Waals surface area contributed by atoms with Crippen LogP contribution in [0.1, 0.15) is 35.9 Å². The lowest BCUT2D eigenvalue weighted by molar-refractivity contribution is -0.137. The number of pyridine rings is 1. The highest BCUT2D eigenvalue weighted by molar-refractivity contribution is 6.31. The molecule has 2 heterocycles. The first-order valence-corrected chi connectivity index (χ1v) is 9.53. The van der Waals surface area contributed by atoms with E-state index in [1.165, 1.54) is 18.5 Å². The fourth-order valence-corrected chi connectivity index (χ4v) is 3.11. The minimum atomic E-state index is -4.37. The number of aromatic nitrogens is 3. The predicted octanol–water partition coefficient (Wildman–Crippen LogP) is 6.07. The second-order valence-corrected chi connectivity index (χ2v) is 6.79. The van der Waals surface area contributed by atoms with Crippen LogP contribution in [0, 0.1) is 0 Å². The van der Waals surface area contributed by atoms with Crippen LogP contribution in [0.15, 0.2) is 48.9 Å². The number of nitrogens with zero attached hydrogens (tertiary/aromatic N) is 3. The summed E-state index contributed by atoms with van der Waals surface area (Å²) in [7, 11) is 0. The van der Waals surface area contributed by atoms with Crippen molar-refractivity contribution in [3.8, 4) is 11.6 Å². The zero-order valence-electron chi connectivity index (χ0n) is 15.7. The molecule has 0 saturated carbocycles. The van der Waals surface area contributed by atoms with Gasteiger partial charge in [0.1, 0.15) is 12.1 Å². The second kappa shape index (κ2) is 9.22. The Morgan fingerprint density at radius 2 is 1.66 bits per heavy atom. The Hall–Kier alpha value is -2.67. The van der Waals surface area contributed by atoms with Crippen LogP contribution in [0.25, 0.3) is 0 Å². The lowest BCUT2D eigenvalue weighted by atomic mass is 10.1. The molecule has 3 rings (SSSR count). The van der Waals surface area contributed by atoms with E-state index in [1.807, 2.05) is 13.0 Å². The van der Waals surface area contributed by atoms with Crippen LogP contribution in [0.4, 0.5) is 13.2 Å². The molecular formula is C21H19ClF3N3O. The number of rotatable bonds is 7. The molecule has 0 radical (unpaired) electrons. The van der Waals surface area contributed by atoms with Gasteiger partial charge < -0.3 is 4.74 Å². The van der Waals surface area contributed by atoms with Crippen LogP contribution < -0.4 is 4.74 Å². The molecule has 0 unspecified atom stereocenters. The van der Waals surface area contributed by atoms with E-state index in [1.54, 1.807) is 12.3 Å². The summed E-state index contributed by atoms with van der Waals surface area (Å²) in [6.07, 6.45) is 1.99. The van der Waals surface area contributed by atoms with Gasteiger partial charge in [0.25, 0.3) is 0 Å². The molecule has 0 atom stereocenters. The quantitative estimate of drug-likeness (QED) is 0.464. The Labute approximate surface area is 171 Å². The summed E-state index contributed by atoms with van der Waals surface area (Å²) in [5.74, 6) is 0.614. The molecule has 1 aromatic carbocycles. The Balaban J connectivity index is 1.54. The molecule has 0 spiro atoms. The zero-order valence-corrected chi connectivity index (χ0v) is 16.5. The van der Waals surface area contributed by atoms with Crippen LogP contribution in [0.3, 0.4) is 0 Å². The van der Waals surface area contributed by atoms with Crippen molar-refractivity contribution in [3.05, 3.63) is 76.5 Å². The maximum absolute atomic E-state index is 12.6. The van der Waals surface area contributed by atoms with E-state index >= 15 is 0 Å². The lowest BCUT2D eigenvalue weighted by Gasteiger charge is -2.09. The van der Waals surface area contributed by atoms with E-state index < -0.39 is 11.7 Å². The van der Waals surface area contributed by atoms with Crippen LogP contribution >= 0.6 is 11.6 Å². The normalized spacial score (nSPS) is 11.5. The van der Waals surface area contributed by atoms with Crippen molar-refractivity contribution in [2.24, 2.45) is 0 Å². The molecule has 0 saturated heterocycles. The van der Waals surface area contributed by atoms with E-state index in [0.717, 1.165) is 54.8 Å². The van der Waals surface area contributed by atoms with Crippen molar-refractivity contribution in [1.82, 2.24) is 15.0 Å². The SMILES string of the molecule is CCc1ncnc(CCCc2ccc(Oc3ccc(C(F)(F)F)cc3)nc2)c1Cl. The van der Waals surface area contributed by atoms with Gasteiger partial charge in [0.15, 0.2) is 0 Å². The van der Waals surface area contributed by atoms with E-state index in [0.29, 0.717) is 16.7 Å². The minimum Gasteiger partial charge on any atom is -0.439 e. The maximum atomic E-state index is 12.6. The smallest absolute Gasteiger partial charge is 0.416 e. The van der Waals surface area contributed by atoms with Gasteiger partial charge >= 0.3 is 6.18 Å². The topological polar surface area (TPSA) is 47.9 Å². The molecule has 0 aliphatic rings. The first-order chi connectivity index (χ1) is 13.9. The average Bonchev–Trinajstić information content (AvgIpc) is 2.70. The van der Waals surface area contributed by atoms with E-state index in [2.05, 4.69) is 15.0 Å². The van der Waals surface area contributed by atoms with Gasteiger partial charge in [0, 0.05) is 12.3 Å². The van der Waals surface area contributed by atoms with Crippen LogP contribution in [0.2, 0.25) is 5.02 Å². The summed E-state index contributed by atoms with van der Waals surface area (Å²) in [6.45, 7) is 2.00. The maximum Gasteiger partial charge on any atom is 0.416 e. The van der Waals surface area contributed by atoms with Crippen molar-refractivity contribution in [2.45, 2.75) is 38.8 Å². The summed E-state index contributed by atoms with van der Waals surface area (Å²) in [5, 5.41) is 0.633. The molecule has 2 aromatic heterocycles. The standard InChI is InChI=1S/C21H19ClF3N3O/c1-2-17-20(22)18(28-13-27-17)5-3-4-14-6-11-19(26-12-14)29-16-9-7-15(8-10-16)21(23,24)25/h6-13H,2-5H2,1H3. The number of aryl methyl sites for hydroxylation is 3. The van der Waals surface area contributed by atoms with E-state index in [4.69, 9.17) is 16.3 Å². The third-order valence-corrected chi connectivity index (χ3v) is 4.79. The Morgan fingerprint density at radius 1 is 0.931 bits per heavy atom. The molecule has 0 aliphatic heterocycles. The van der Waals surface area contributed by atoms with Crippen molar-refractivity contribution in [3.63, 3.8) is 0 Å². The molecule has 0 bridgehead atoms. The van der Waals surface area contributed by atoms with Gasteiger partial charge in [0.2, 0.25) is 5.88 Å². The molecule has 152 valence electrons. The van der Waals surface area contributed by atoms with Crippen molar-refractivity contribution >= 4 is 11.6 Å². The fraction of sp³-hybridized carbons (Fsp3) is 0.286. The highest BCUT2D eigenvalue weighted by Gasteiger charge is 2.30. The van der Waals surface area contributed by atoms with Crippen molar-refractivity contribution in [1.29, 1.82) is 0 Å². The summed E-state index contributed by atoms with van der Waals surface area (Å²) in [4.78, 5) is 12.6. The molecule has 3 aromatic rings. The van der Waals surface area contributed by atoms with Gasteiger partial charge in [-0.3, -0.25) is 0 Å². The Morgan fingerprint density at radius 3 is 2.28 bits per heavy atom. The summed E-state index contributed by atoms with van der Waals surface area (Å²) in [6, 6.07) is 8.08. The molecule has 0 amide bonds. The van der Waals surface area contributed by atoms with E-state index in [9.17, 15) is 13.2 Å². The monoisotopic (exact) mass is 421 g/mol. The minimum absolute atomic E-state index is 0.295. The third kappa shape index (κ3) is 5.67. The van der Waals surface area contributed by atoms with Gasteiger partial charge in [-0.1, -0.05) is 24.6 Å². The molecule has 8 heteroatoms. The van der Waals surface area contributed by atoms with Crippen LogP contribution in [0.5, 0.6) is 11.6 Å². The first-order valence-electron chi connectivity index (χ1n) is 9.15. The fourth-order valence-electron chi connectivity index (χ4n) is 2.78. The molecule has 0 N–H and O–H groups in total. The van der Waals surface area contributed by atoms with Gasteiger partial charge in [-0.05, 0) is 55.5 Å². The lowest BCUT2D eigenvalue weighted by Crippen LogP contribution is -2.04. The Kier molecular flexibility index (Phi) is 6.69.